The van der Waals surface area contributed by atoms with Crippen LogP contribution in [0, 0.1) is 0 Å². The number of hydrogen-bond donors (Lipinski definition) is 1. The van der Waals surface area contributed by atoms with E-state index in [1.165, 1.54) is 23.4 Å². The number of para-hydroxylation sites is 1. The highest BCUT2D eigenvalue weighted by Gasteiger charge is 2.23. The summed E-state index contributed by atoms with van der Waals surface area (Å²) in [5, 5.41) is 7.31. The van der Waals surface area contributed by atoms with E-state index in [-0.39, 0.29) is 30.2 Å². The molecule has 2 heterocycles. The molecule has 0 radical (unpaired) electrons. The summed E-state index contributed by atoms with van der Waals surface area (Å²) in [7, 11) is 0. The Morgan fingerprint density at radius 3 is 2.36 bits per heavy atom. The van der Waals surface area contributed by atoms with Crippen LogP contribution < -0.4 is 5.32 Å². The van der Waals surface area contributed by atoms with Crippen LogP contribution in [0.4, 0.5) is 11.6 Å². The normalized spacial score (nSPS) is 10.4. The maximum Gasteiger partial charge on any atom is 0.343 e. The zero-order chi connectivity index (χ0) is 19.9. The third-order valence-corrected chi connectivity index (χ3v) is 3.71. The highest BCUT2D eigenvalue weighted by molar-refractivity contribution is 5.98. The first-order valence-corrected chi connectivity index (χ1v) is 8.70. The van der Waals surface area contributed by atoms with Crippen molar-refractivity contribution in [1.82, 2.24) is 19.7 Å². The molecular weight excluding hydrogens is 362 g/mol. The van der Waals surface area contributed by atoms with E-state index in [4.69, 9.17) is 9.47 Å². The summed E-state index contributed by atoms with van der Waals surface area (Å²) < 4.78 is 11.7. The van der Waals surface area contributed by atoms with Gasteiger partial charge in [-0.25, -0.2) is 24.2 Å². The van der Waals surface area contributed by atoms with Gasteiger partial charge in [-0.3, -0.25) is 0 Å². The van der Waals surface area contributed by atoms with E-state index < -0.39 is 11.9 Å². The van der Waals surface area contributed by atoms with Crippen LogP contribution >= 0.6 is 0 Å². The molecule has 0 bridgehead atoms. The molecule has 0 atom stereocenters. The molecule has 28 heavy (non-hydrogen) atoms. The summed E-state index contributed by atoms with van der Waals surface area (Å²) >= 11 is 0. The van der Waals surface area contributed by atoms with Gasteiger partial charge in [0.2, 0.25) is 0 Å². The Labute approximate surface area is 161 Å². The number of nitrogens with zero attached hydrogens (tertiary/aromatic N) is 4. The smallest absolute Gasteiger partial charge is 0.343 e. The van der Waals surface area contributed by atoms with Crippen molar-refractivity contribution in [3.8, 4) is 5.69 Å². The van der Waals surface area contributed by atoms with Crippen molar-refractivity contribution >= 4 is 23.6 Å². The lowest BCUT2D eigenvalue weighted by atomic mass is 10.2. The molecule has 0 aliphatic carbocycles. The molecule has 0 amide bonds. The Balaban J connectivity index is 2.07. The molecule has 3 aromatic rings. The second-order valence-corrected chi connectivity index (χ2v) is 5.51. The first kappa shape index (κ1) is 19.0. The zero-order valence-corrected chi connectivity index (χ0v) is 15.5. The lowest BCUT2D eigenvalue weighted by Crippen LogP contribution is -2.13. The topological polar surface area (TPSA) is 108 Å². The summed E-state index contributed by atoms with van der Waals surface area (Å²) in [6, 6.07) is 9.23. The zero-order valence-electron chi connectivity index (χ0n) is 15.5. The number of esters is 2. The number of anilines is 2. The van der Waals surface area contributed by atoms with E-state index in [0.717, 1.165) is 0 Å². The van der Waals surface area contributed by atoms with Gasteiger partial charge in [0, 0.05) is 6.20 Å². The van der Waals surface area contributed by atoms with Crippen molar-refractivity contribution in [2.45, 2.75) is 13.8 Å². The van der Waals surface area contributed by atoms with Crippen molar-refractivity contribution in [3.05, 3.63) is 60.2 Å². The molecule has 144 valence electrons. The molecule has 0 saturated carbocycles. The van der Waals surface area contributed by atoms with Crippen molar-refractivity contribution < 1.29 is 19.1 Å². The molecule has 1 N–H and O–H groups in total. The Hall–Kier alpha value is -3.75. The van der Waals surface area contributed by atoms with Gasteiger partial charge in [-0.2, -0.15) is 5.10 Å². The van der Waals surface area contributed by atoms with Crippen molar-refractivity contribution in [3.63, 3.8) is 0 Å². The minimum absolute atomic E-state index is 0.139. The van der Waals surface area contributed by atoms with Crippen LogP contribution in [0.1, 0.15) is 34.6 Å². The van der Waals surface area contributed by atoms with E-state index in [1.807, 2.05) is 30.3 Å². The molecule has 0 saturated heterocycles. The lowest BCUT2D eigenvalue weighted by Gasteiger charge is -2.13. The van der Waals surface area contributed by atoms with Gasteiger partial charge in [0.1, 0.15) is 29.1 Å². The molecule has 9 heteroatoms. The average molecular weight is 381 g/mol. The Morgan fingerprint density at radius 1 is 1.00 bits per heavy atom. The molecule has 0 spiro atoms. The van der Waals surface area contributed by atoms with Crippen LogP contribution in [0.15, 0.2) is 49.1 Å². The van der Waals surface area contributed by atoms with Gasteiger partial charge < -0.3 is 14.8 Å². The van der Waals surface area contributed by atoms with Crippen LogP contribution in [0.25, 0.3) is 5.69 Å². The number of carbonyl (C=O) groups excluding carboxylic acids is 2. The minimum atomic E-state index is -0.575. The predicted octanol–water partition coefficient (Wildman–Crippen LogP) is 2.76. The highest BCUT2D eigenvalue weighted by Crippen LogP contribution is 2.26. The average Bonchev–Trinajstić information content (AvgIpc) is 3.13. The fraction of sp³-hybridized carbons (Fsp3) is 0.211. The number of aromatic nitrogens is 4. The van der Waals surface area contributed by atoms with Gasteiger partial charge in [-0.1, -0.05) is 18.2 Å². The van der Waals surface area contributed by atoms with Gasteiger partial charge in [0.15, 0.2) is 0 Å². The lowest BCUT2D eigenvalue weighted by molar-refractivity contribution is 0.0518. The maximum absolute atomic E-state index is 12.4. The van der Waals surface area contributed by atoms with Crippen LogP contribution in [0.3, 0.4) is 0 Å². The molecule has 9 nitrogen and oxygen atoms in total. The standard InChI is InChI=1S/C19H19N5O4/c1-3-27-18(25)14-10-20-12-21-16(14)23-17-15(19(26)28-4-2)11-22-24(17)13-8-6-5-7-9-13/h5-12H,3-4H2,1-2H3,(H,20,21,23). The second kappa shape index (κ2) is 8.76. The molecule has 1 aromatic carbocycles. The minimum Gasteiger partial charge on any atom is -0.462 e. The quantitative estimate of drug-likeness (QED) is 0.623. The van der Waals surface area contributed by atoms with E-state index in [1.54, 1.807) is 13.8 Å². The fourth-order valence-electron chi connectivity index (χ4n) is 2.49. The molecule has 2 aromatic heterocycles. The molecule has 0 unspecified atom stereocenters. The van der Waals surface area contributed by atoms with E-state index in [2.05, 4.69) is 20.4 Å². The van der Waals surface area contributed by atoms with Crippen molar-refractivity contribution in [1.29, 1.82) is 0 Å². The first-order chi connectivity index (χ1) is 13.7. The van der Waals surface area contributed by atoms with Crippen LogP contribution in [-0.2, 0) is 9.47 Å². The number of ether oxygens (including phenoxy) is 2. The van der Waals surface area contributed by atoms with Gasteiger partial charge in [-0.05, 0) is 26.0 Å². The molecule has 0 fully saturated rings. The van der Waals surface area contributed by atoms with Crippen LogP contribution in [-0.4, -0.2) is 44.9 Å². The SMILES string of the molecule is CCOC(=O)c1cncnc1Nc1c(C(=O)OCC)cnn1-c1ccccc1. The summed E-state index contributed by atoms with van der Waals surface area (Å²) in [5.74, 6) is -0.612. The fourth-order valence-corrected chi connectivity index (χ4v) is 2.49. The van der Waals surface area contributed by atoms with Gasteiger partial charge in [-0.15, -0.1) is 0 Å². The Kier molecular flexibility index (Phi) is 5.95. The first-order valence-electron chi connectivity index (χ1n) is 8.70. The van der Waals surface area contributed by atoms with Crippen molar-refractivity contribution in [2.24, 2.45) is 0 Å². The number of benzene rings is 1. The highest BCUT2D eigenvalue weighted by atomic mass is 16.5. The largest absolute Gasteiger partial charge is 0.462 e. The number of nitrogens with one attached hydrogen (secondary N) is 1. The van der Waals surface area contributed by atoms with Gasteiger partial charge in [0.05, 0.1) is 25.1 Å². The molecule has 0 aliphatic heterocycles. The van der Waals surface area contributed by atoms with Gasteiger partial charge in [0.25, 0.3) is 0 Å². The van der Waals surface area contributed by atoms with Crippen LogP contribution in [0.5, 0.6) is 0 Å². The van der Waals surface area contributed by atoms with E-state index in [9.17, 15) is 9.59 Å². The second-order valence-electron chi connectivity index (χ2n) is 5.51. The summed E-state index contributed by atoms with van der Waals surface area (Å²) in [5.41, 5.74) is 1.06. The number of carbonyl (C=O) groups is 2. The third kappa shape index (κ3) is 3.98. The summed E-state index contributed by atoms with van der Waals surface area (Å²) in [6.45, 7) is 3.85. The maximum atomic E-state index is 12.4. The number of hydrogen-bond acceptors (Lipinski definition) is 8. The predicted molar refractivity (Wildman–Crippen MR) is 101 cm³/mol. The summed E-state index contributed by atoms with van der Waals surface area (Å²) in [4.78, 5) is 32.6. The Bertz CT molecular complexity index is 971. The summed E-state index contributed by atoms with van der Waals surface area (Å²) in [6.07, 6.45) is 4.04. The number of rotatable bonds is 7. The van der Waals surface area contributed by atoms with Crippen LogP contribution in [0.2, 0.25) is 0 Å². The van der Waals surface area contributed by atoms with Crippen molar-refractivity contribution in [2.75, 3.05) is 18.5 Å². The monoisotopic (exact) mass is 381 g/mol. The van der Waals surface area contributed by atoms with Gasteiger partial charge >= 0.3 is 11.9 Å². The molecule has 3 rings (SSSR count). The molecular formula is C19H19N5O4. The molecule has 0 aliphatic rings. The van der Waals surface area contributed by atoms with E-state index >= 15 is 0 Å². The Morgan fingerprint density at radius 2 is 1.68 bits per heavy atom. The van der Waals surface area contributed by atoms with E-state index in [0.29, 0.717) is 11.5 Å². The third-order valence-electron chi connectivity index (χ3n) is 3.71.